The maximum atomic E-state index is 12.8. The summed E-state index contributed by atoms with van der Waals surface area (Å²) in [5.41, 5.74) is -0.253. The van der Waals surface area contributed by atoms with Crippen molar-refractivity contribution < 1.29 is 13.2 Å². The first-order valence-electron chi connectivity index (χ1n) is 3.13. The summed E-state index contributed by atoms with van der Waals surface area (Å²) in [5.74, 6) is -0.655. The quantitative estimate of drug-likeness (QED) is 0.724. The topological polar surface area (TPSA) is 12.9 Å². The first kappa shape index (κ1) is 9.51. The number of halogens is 4. The molecule has 0 N–H and O–H groups in total. The van der Waals surface area contributed by atoms with Crippen LogP contribution in [0.4, 0.5) is 13.2 Å². The zero-order valence-corrected chi connectivity index (χ0v) is 7.48. The van der Waals surface area contributed by atoms with Gasteiger partial charge in [-0.3, -0.25) is 4.98 Å². The van der Waals surface area contributed by atoms with E-state index in [4.69, 9.17) is 0 Å². The van der Waals surface area contributed by atoms with E-state index >= 15 is 0 Å². The molecule has 0 bridgehead atoms. The van der Waals surface area contributed by atoms with Crippen molar-refractivity contribution in [3.8, 4) is 0 Å². The molecule has 0 amide bonds. The monoisotopic (exact) mass is 239 g/mol. The van der Waals surface area contributed by atoms with Crippen molar-refractivity contribution in [2.24, 2.45) is 0 Å². The summed E-state index contributed by atoms with van der Waals surface area (Å²) in [4.78, 5) is 3.39. The molecular weight excluding hydrogens is 235 g/mol. The third-order valence-electron chi connectivity index (χ3n) is 1.32. The van der Waals surface area contributed by atoms with Gasteiger partial charge in [0.05, 0.1) is 0 Å². The Morgan fingerprint density at radius 3 is 2.58 bits per heavy atom. The lowest BCUT2D eigenvalue weighted by molar-refractivity contribution is 0.145. The van der Waals surface area contributed by atoms with Gasteiger partial charge in [-0.1, -0.05) is 15.9 Å². The van der Waals surface area contributed by atoms with Crippen LogP contribution in [0.2, 0.25) is 0 Å². The summed E-state index contributed by atoms with van der Waals surface area (Å²) < 4.78 is 36.7. The number of nitrogens with zero attached hydrogens (tertiary/aromatic N) is 1. The summed E-state index contributed by atoms with van der Waals surface area (Å²) >= 11 is 3.00. The third kappa shape index (κ3) is 1.97. The lowest BCUT2D eigenvalue weighted by atomic mass is 10.2. The minimum atomic E-state index is -2.72. The molecule has 0 saturated heterocycles. The van der Waals surface area contributed by atoms with Crippen LogP contribution in [0, 0.1) is 5.82 Å². The average Bonchev–Trinajstić information content (AvgIpc) is 2.04. The van der Waals surface area contributed by atoms with Crippen LogP contribution in [0.15, 0.2) is 12.3 Å². The fraction of sp³-hybridized carbons (Fsp3) is 0.286. The van der Waals surface area contributed by atoms with Crippen molar-refractivity contribution in [3.63, 3.8) is 0 Å². The van der Waals surface area contributed by atoms with Gasteiger partial charge in [0.15, 0.2) is 0 Å². The molecule has 1 heterocycles. The fourth-order valence-electron chi connectivity index (χ4n) is 0.692. The standard InChI is InChI=1S/C7H5BrF3N/c8-2-4-3-12-6(7(10)11)1-5(4)9/h1,3,7H,2H2. The first-order chi connectivity index (χ1) is 5.65. The number of aromatic nitrogens is 1. The van der Waals surface area contributed by atoms with Gasteiger partial charge in [0.1, 0.15) is 11.5 Å². The normalized spacial score (nSPS) is 10.8. The van der Waals surface area contributed by atoms with Crippen LogP contribution in [0.25, 0.3) is 0 Å². The summed E-state index contributed by atoms with van der Waals surface area (Å²) in [7, 11) is 0. The molecule has 5 heteroatoms. The summed E-state index contributed by atoms with van der Waals surface area (Å²) in [6, 6.07) is 0.751. The van der Waals surface area contributed by atoms with E-state index in [1.807, 2.05) is 0 Å². The third-order valence-corrected chi connectivity index (χ3v) is 1.92. The van der Waals surface area contributed by atoms with Crippen LogP contribution in [-0.4, -0.2) is 4.98 Å². The number of pyridine rings is 1. The van der Waals surface area contributed by atoms with Gasteiger partial charge < -0.3 is 0 Å². The molecule has 1 aromatic rings. The Kier molecular flexibility index (Phi) is 3.08. The Morgan fingerprint density at radius 1 is 1.50 bits per heavy atom. The predicted molar refractivity (Wildman–Crippen MR) is 41.8 cm³/mol. The molecule has 0 aliphatic heterocycles. The van der Waals surface area contributed by atoms with E-state index in [1.54, 1.807) is 0 Å². The molecule has 0 aliphatic carbocycles. The Hall–Kier alpha value is -0.580. The zero-order chi connectivity index (χ0) is 9.14. The molecule has 12 heavy (non-hydrogen) atoms. The van der Waals surface area contributed by atoms with Crippen LogP contribution in [0.5, 0.6) is 0 Å². The van der Waals surface area contributed by atoms with Crippen molar-refractivity contribution in [1.82, 2.24) is 4.98 Å². The Labute approximate surface area is 75.7 Å². The van der Waals surface area contributed by atoms with E-state index < -0.39 is 17.9 Å². The molecule has 0 aromatic carbocycles. The number of rotatable bonds is 2. The van der Waals surface area contributed by atoms with Crippen molar-refractivity contribution >= 4 is 15.9 Å². The molecule has 0 spiro atoms. The molecule has 0 unspecified atom stereocenters. The first-order valence-corrected chi connectivity index (χ1v) is 4.25. The lowest BCUT2D eigenvalue weighted by Gasteiger charge is -2.01. The maximum absolute atomic E-state index is 12.8. The van der Waals surface area contributed by atoms with E-state index in [-0.39, 0.29) is 10.9 Å². The molecule has 0 aliphatic rings. The zero-order valence-electron chi connectivity index (χ0n) is 5.90. The van der Waals surface area contributed by atoms with Crippen molar-refractivity contribution in [2.45, 2.75) is 11.8 Å². The molecule has 0 atom stereocenters. The van der Waals surface area contributed by atoms with Gasteiger partial charge in [-0.2, -0.15) is 0 Å². The SMILES string of the molecule is Fc1cc(C(F)F)ncc1CBr. The Morgan fingerprint density at radius 2 is 2.17 bits per heavy atom. The van der Waals surface area contributed by atoms with Crippen LogP contribution < -0.4 is 0 Å². The van der Waals surface area contributed by atoms with Gasteiger partial charge in [0, 0.05) is 23.2 Å². The van der Waals surface area contributed by atoms with Gasteiger partial charge in [0.2, 0.25) is 0 Å². The summed E-state index contributed by atoms with van der Waals surface area (Å²) in [6.45, 7) is 0. The van der Waals surface area contributed by atoms with Gasteiger partial charge in [-0.05, 0) is 0 Å². The molecule has 0 saturated carbocycles. The van der Waals surface area contributed by atoms with E-state index in [2.05, 4.69) is 20.9 Å². The number of hydrogen-bond donors (Lipinski definition) is 0. The second kappa shape index (κ2) is 3.89. The van der Waals surface area contributed by atoms with E-state index in [0.29, 0.717) is 0 Å². The molecule has 66 valence electrons. The van der Waals surface area contributed by atoms with E-state index in [0.717, 1.165) is 12.3 Å². The highest BCUT2D eigenvalue weighted by Crippen LogP contribution is 2.19. The number of hydrogen-bond acceptors (Lipinski definition) is 1. The maximum Gasteiger partial charge on any atom is 0.280 e. The van der Waals surface area contributed by atoms with Gasteiger partial charge in [-0.25, -0.2) is 13.2 Å². The van der Waals surface area contributed by atoms with Gasteiger partial charge in [-0.15, -0.1) is 0 Å². The molecular formula is C7H5BrF3N. The largest absolute Gasteiger partial charge is 0.280 e. The molecule has 1 nitrogen and oxygen atoms in total. The lowest BCUT2D eigenvalue weighted by Crippen LogP contribution is -1.94. The van der Waals surface area contributed by atoms with Crippen molar-refractivity contribution in [1.29, 1.82) is 0 Å². The second-order valence-electron chi connectivity index (χ2n) is 2.13. The predicted octanol–water partition coefficient (Wildman–Crippen LogP) is 3.05. The Bertz CT molecular complexity index is 277. The smallest absolute Gasteiger partial charge is 0.255 e. The summed E-state index contributed by atoms with van der Waals surface area (Å²) in [5, 5.41) is 0.273. The van der Waals surface area contributed by atoms with Crippen molar-refractivity contribution in [2.75, 3.05) is 0 Å². The van der Waals surface area contributed by atoms with Crippen LogP contribution in [-0.2, 0) is 5.33 Å². The van der Waals surface area contributed by atoms with E-state index in [1.165, 1.54) is 0 Å². The molecule has 1 rings (SSSR count). The highest BCUT2D eigenvalue weighted by Gasteiger charge is 2.11. The van der Waals surface area contributed by atoms with Crippen LogP contribution >= 0.6 is 15.9 Å². The van der Waals surface area contributed by atoms with Crippen LogP contribution in [0.3, 0.4) is 0 Å². The second-order valence-corrected chi connectivity index (χ2v) is 2.70. The van der Waals surface area contributed by atoms with E-state index in [9.17, 15) is 13.2 Å². The summed E-state index contributed by atoms with van der Waals surface area (Å²) in [6.07, 6.45) is -1.62. The average molecular weight is 240 g/mol. The fourth-order valence-corrected chi connectivity index (χ4v) is 1.10. The molecule has 0 fully saturated rings. The van der Waals surface area contributed by atoms with Crippen LogP contribution in [0.1, 0.15) is 17.7 Å². The highest BCUT2D eigenvalue weighted by atomic mass is 79.9. The number of alkyl halides is 3. The Balaban J connectivity index is 3.02. The van der Waals surface area contributed by atoms with Crippen molar-refractivity contribution in [3.05, 3.63) is 29.3 Å². The molecule has 1 aromatic heterocycles. The highest BCUT2D eigenvalue weighted by molar-refractivity contribution is 9.08. The minimum absolute atomic E-state index is 0.273. The minimum Gasteiger partial charge on any atom is -0.255 e. The molecule has 0 radical (unpaired) electrons. The van der Waals surface area contributed by atoms with Gasteiger partial charge in [0.25, 0.3) is 6.43 Å². The van der Waals surface area contributed by atoms with Gasteiger partial charge >= 0.3 is 0 Å².